The van der Waals surface area contributed by atoms with Crippen molar-refractivity contribution in [1.29, 1.82) is 0 Å². The molecule has 0 saturated heterocycles. The zero-order chi connectivity index (χ0) is 34.4. The Balaban J connectivity index is 0.00000202. The van der Waals surface area contributed by atoms with Crippen LogP contribution < -0.4 is 93.6 Å². The van der Waals surface area contributed by atoms with E-state index in [4.69, 9.17) is 4.89 Å². The van der Waals surface area contributed by atoms with Crippen LogP contribution in [0, 0.1) is 0 Å². The number of rotatable bonds is 10. The van der Waals surface area contributed by atoms with Crippen molar-refractivity contribution < 1.29 is 122 Å². The second-order valence-electron chi connectivity index (χ2n) is 11.7. The van der Waals surface area contributed by atoms with Gasteiger partial charge in [-0.15, -0.1) is 16.4 Å². The summed E-state index contributed by atoms with van der Waals surface area (Å²) in [5.74, 6) is -1.10. The largest absolute Gasteiger partial charge is 1.00 e. The first-order valence-corrected chi connectivity index (χ1v) is 17.5. The average molecular weight is 765 g/mol. The van der Waals surface area contributed by atoms with E-state index in [0.29, 0.717) is 23.0 Å². The Morgan fingerprint density at radius 2 is 1.40 bits per heavy atom. The van der Waals surface area contributed by atoms with E-state index in [1.807, 2.05) is 88.9 Å². The molecule has 246 valence electrons. The fourth-order valence-corrected chi connectivity index (χ4v) is 7.55. The van der Waals surface area contributed by atoms with Gasteiger partial charge in [-0.1, -0.05) is 96.2 Å². The molecule has 0 aliphatic carbocycles. The van der Waals surface area contributed by atoms with Gasteiger partial charge in [0.2, 0.25) is 7.60 Å². The van der Waals surface area contributed by atoms with Gasteiger partial charge in [0.05, 0.1) is 21.3 Å². The second kappa shape index (κ2) is 17.1. The molecule has 0 amide bonds. The van der Waals surface area contributed by atoms with Gasteiger partial charge in [0.15, 0.2) is 0 Å². The molecular formula is C36H26F2N4Na3O5PS+2. The number of hydrogen-bond acceptors (Lipinski definition) is 7. The molecule has 0 aliphatic heterocycles. The maximum Gasteiger partial charge on any atom is 1.00 e. The number of carbonyl (C=O) groups is 1. The molecule has 0 bridgehead atoms. The smallest absolute Gasteiger partial charge is 0.774 e. The first-order chi connectivity index (χ1) is 23.5. The molecule has 2 unspecified atom stereocenters. The number of hydrogen-bond donors (Lipinski definition) is 2. The molecule has 0 radical (unpaired) electrons. The minimum Gasteiger partial charge on any atom is -0.774 e. The zero-order valence-electron chi connectivity index (χ0n) is 28.5. The van der Waals surface area contributed by atoms with Crippen molar-refractivity contribution in [1.82, 2.24) is 20.0 Å². The van der Waals surface area contributed by atoms with E-state index >= 15 is 0 Å². The number of aromatic nitrogens is 4. The minimum absolute atomic E-state index is 0. The van der Waals surface area contributed by atoms with Crippen LogP contribution in [0.1, 0.15) is 32.7 Å². The quantitative estimate of drug-likeness (QED) is 0.124. The summed E-state index contributed by atoms with van der Waals surface area (Å²) in [6.45, 7) is 0. The van der Waals surface area contributed by atoms with Crippen LogP contribution in [0.15, 0.2) is 121 Å². The third-order valence-electron chi connectivity index (χ3n) is 8.62. The van der Waals surface area contributed by atoms with Crippen LogP contribution in [0.4, 0.5) is 8.78 Å². The van der Waals surface area contributed by atoms with E-state index < -0.39 is 30.3 Å². The number of nitrogens with zero attached hydrogens (tertiary/aromatic N) is 4. The van der Waals surface area contributed by atoms with Crippen LogP contribution in [0.25, 0.3) is 32.4 Å². The van der Waals surface area contributed by atoms with Gasteiger partial charge in [-0.25, -0.2) is 14.5 Å². The number of aromatic carboxylic acids is 1. The Bertz CT molecular complexity index is 2380. The van der Waals surface area contributed by atoms with E-state index in [-0.39, 0.29) is 101 Å². The number of thiophene rings is 1. The van der Waals surface area contributed by atoms with Crippen molar-refractivity contribution in [3.63, 3.8) is 0 Å². The van der Waals surface area contributed by atoms with Gasteiger partial charge in [0.25, 0.3) is 0 Å². The molecule has 3 aromatic heterocycles. The molecule has 16 heteroatoms. The van der Waals surface area contributed by atoms with E-state index in [9.17, 15) is 28.1 Å². The third kappa shape index (κ3) is 8.25. The summed E-state index contributed by atoms with van der Waals surface area (Å²) in [6.07, 6.45) is 0.643. The third-order valence-corrected chi connectivity index (χ3v) is 10.5. The summed E-state index contributed by atoms with van der Waals surface area (Å²) in [6, 6.07) is 33.1. The van der Waals surface area contributed by atoms with Crippen LogP contribution in [-0.4, -0.2) is 35.9 Å². The Hall–Kier alpha value is -2.13. The fourth-order valence-electron chi connectivity index (χ4n) is 6.17. The number of fused-ring (bicyclic) bond motifs is 2. The standard InChI is InChI=1S/C36H27F2N4O5PS.3Na/c37-36(38,48(45,46)47)27-16-12-24(13-17-27)21-35(26-6-2-1-3-7-26,42-31-9-5-4-8-29(31)40-41-42)20-23-10-14-25(15-11-23)28-22-49-32-19-18-30(34(43)44)39-33(28)32;;;/h1-19,22H,20-21H2,(H,43,44)(H2,45,46,47);;;/q;3*+1/p-1. The first-order valence-electron chi connectivity index (χ1n) is 15.0. The number of pyridine rings is 1. The predicted octanol–water partition coefficient (Wildman–Crippen LogP) is -1.76. The van der Waals surface area contributed by atoms with Crippen molar-refractivity contribution in [2.24, 2.45) is 0 Å². The molecule has 2 N–H and O–H groups in total. The Labute approximate surface area is 367 Å². The van der Waals surface area contributed by atoms with E-state index in [1.54, 1.807) is 6.07 Å². The van der Waals surface area contributed by atoms with E-state index in [2.05, 4.69) is 15.3 Å². The van der Waals surface area contributed by atoms with Crippen LogP contribution in [0.3, 0.4) is 0 Å². The van der Waals surface area contributed by atoms with Crippen molar-refractivity contribution in [3.05, 3.63) is 149 Å². The molecule has 7 rings (SSSR count). The Kier molecular flexibility index (Phi) is 14.0. The monoisotopic (exact) mass is 764 g/mol. The van der Waals surface area contributed by atoms with E-state index in [1.165, 1.54) is 29.5 Å². The molecule has 7 aromatic rings. The number of halogens is 2. The van der Waals surface area contributed by atoms with Crippen LogP contribution in [0.5, 0.6) is 0 Å². The number of carboxylic acid groups (broad SMARTS) is 1. The summed E-state index contributed by atoms with van der Waals surface area (Å²) in [7, 11) is -5.99. The van der Waals surface area contributed by atoms with Crippen molar-refractivity contribution >= 4 is 46.2 Å². The molecule has 0 saturated carbocycles. The fraction of sp³-hybridized carbons (Fsp3) is 0.111. The van der Waals surface area contributed by atoms with Crippen molar-refractivity contribution in [2.75, 3.05) is 0 Å². The van der Waals surface area contributed by atoms with Gasteiger partial charge >= 0.3 is 100 Å². The van der Waals surface area contributed by atoms with Gasteiger partial charge in [0.1, 0.15) is 11.2 Å². The molecule has 9 nitrogen and oxygen atoms in total. The SMILES string of the molecule is O=C(O)c1ccc2scc(-c3ccc(CC(Cc4ccc(C(F)(F)P(=O)([O-])O)cc4)(c4ccccc4)n4nnc5ccccc54)cc3)c2n1.[Na+].[Na+].[Na+]. The van der Waals surface area contributed by atoms with Crippen molar-refractivity contribution in [2.45, 2.75) is 24.0 Å². The number of carboxylic acids is 1. The molecule has 0 fully saturated rings. The van der Waals surface area contributed by atoms with Crippen LogP contribution in [-0.2, 0) is 28.6 Å². The zero-order valence-corrected chi connectivity index (χ0v) is 36.2. The Morgan fingerprint density at radius 3 is 2.02 bits per heavy atom. The van der Waals surface area contributed by atoms with Crippen LogP contribution >= 0.6 is 18.9 Å². The average Bonchev–Trinajstić information content (AvgIpc) is 3.73. The normalized spacial score (nSPS) is 13.6. The molecular weight excluding hydrogens is 738 g/mol. The second-order valence-corrected chi connectivity index (χ2v) is 14.2. The maximum absolute atomic E-state index is 14.5. The first kappa shape index (κ1) is 42.6. The maximum atomic E-state index is 14.5. The predicted molar refractivity (Wildman–Crippen MR) is 181 cm³/mol. The summed E-state index contributed by atoms with van der Waals surface area (Å²) >= 11 is 1.48. The Morgan fingerprint density at radius 1 is 0.808 bits per heavy atom. The van der Waals surface area contributed by atoms with E-state index in [0.717, 1.165) is 44.6 Å². The van der Waals surface area contributed by atoms with Gasteiger partial charge in [0, 0.05) is 29.3 Å². The summed E-state index contributed by atoms with van der Waals surface area (Å²) < 4.78 is 43.1. The molecule has 4 aromatic carbocycles. The summed E-state index contributed by atoms with van der Waals surface area (Å²) in [5, 5.41) is 20.5. The van der Waals surface area contributed by atoms with Crippen LogP contribution in [0.2, 0.25) is 0 Å². The molecule has 0 spiro atoms. The minimum atomic E-state index is -5.99. The van der Waals surface area contributed by atoms with Gasteiger partial charge in [-0.3, -0.25) is 0 Å². The molecule has 2 atom stereocenters. The summed E-state index contributed by atoms with van der Waals surface area (Å²) in [4.78, 5) is 36.5. The number of alkyl halides is 2. The van der Waals surface area contributed by atoms with Gasteiger partial charge in [-0.2, -0.15) is 8.78 Å². The summed E-state index contributed by atoms with van der Waals surface area (Å²) in [5.41, 5.74) is -0.154. The van der Waals surface area contributed by atoms with Crippen molar-refractivity contribution in [3.8, 4) is 11.1 Å². The topological polar surface area (TPSA) is 141 Å². The molecule has 3 heterocycles. The molecule has 0 aliphatic rings. The molecule has 52 heavy (non-hydrogen) atoms. The number of benzene rings is 4. The number of para-hydroxylation sites is 1. The van der Waals surface area contributed by atoms with Gasteiger partial charge < -0.3 is 19.5 Å². The van der Waals surface area contributed by atoms with Gasteiger partial charge in [-0.05, 0) is 46.5 Å².